The molecule has 33 heavy (non-hydrogen) atoms. The average Bonchev–Trinajstić information content (AvgIpc) is 3.13. The third kappa shape index (κ3) is 3.89. The number of Topliss-reactive ketones (excluding diaryl/α,β-unsaturated/α-hetero) is 1. The first-order chi connectivity index (χ1) is 16.0. The maximum absolute atomic E-state index is 13.2. The van der Waals surface area contributed by atoms with Gasteiger partial charge in [0.15, 0.2) is 11.5 Å². The Morgan fingerprint density at radius 1 is 0.818 bits per heavy atom. The Balaban J connectivity index is 1.97. The molecule has 3 aromatic rings. The van der Waals surface area contributed by atoms with Gasteiger partial charge in [-0.1, -0.05) is 42.5 Å². The maximum Gasteiger partial charge on any atom is 0.300 e. The van der Waals surface area contributed by atoms with Crippen molar-refractivity contribution in [3.63, 3.8) is 0 Å². The van der Waals surface area contributed by atoms with E-state index in [2.05, 4.69) is 0 Å². The predicted octanol–water partition coefficient (Wildman–Crippen LogP) is 4.34. The lowest BCUT2D eigenvalue weighted by Crippen LogP contribution is -2.29. The molecular formula is C26H23NO6. The Labute approximate surface area is 191 Å². The van der Waals surface area contributed by atoms with Crippen LogP contribution >= 0.6 is 0 Å². The predicted molar refractivity (Wildman–Crippen MR) is 124 cm³/mol. The number of nitrogens with zero attached hydrogens (tertiary/aromatic N) is 1. The van der Waals surface area contributed by atoms with E-state index in [1.807, 2.05) is 0 Å². The Morgan fingerprint density at radius 3 is 2.21 bits per heavy atom. The molecule has 1 unspecified atom stereocenters. The molecule has 3 aromatic carbocycles. The maximum atomic E-state index is 13.2. The Morgan fingerprint density at radius 2 is 1.55 bits per heavy atom. The minimum Gasteiger partial charge on any atom is -0.507 e. The van der Waals surface area contributed by atoms with Crippen LogP contribution in [0, 0.1) is 0 Å². The van der Waals surface area contributed by atoms with E-state index in [9.17, 15) is 14.7 Å². The van der Waals surface area contributed by atoms with Gasteiger partial charge in [0.1, 0.15) is 11.5 Å². The second kappa shape index (κ2) is 9.08. The number of rotatable bonds is 6. The van der Waals surface area contributed by atoms with Gasteiger partial charge >= 0.3 is 0 Å². The summed E-state index contributed by atoms with van der Waals surface area (Å²) < 4.78 is 16.1. The lowest BCUT2D eigenvalue weighted by atomic mass is 9.94. The standard InChI is InChI=1S/C26H23NO6/c1-31-19-11-7-10-18(15-19)27-23(17-12-13-20(32-2)21(14-17)33-3)22(25(29)26(27)30)24(28)16-8-5-4-6-9-16/h4-15,23,28H,1-3H3/b24-22+. The highest BCUT2D eigenvalue weighted by molar-refractivity contribution is 6.51. The topological polar surface area (TPSA) is 85.3 Å². The van der Waals surface area contributed by atoms with Gasteiger partial charge < -0.3 is 19.3 Å². The summed E-state index contributed by atoms with van der Waals surface area (Å²) in [6, 6.07) is 19.8. The van der Waals surface area contributed by atoms with E-state index in [-0.39, 0.29) is 11.3 Å². The summed E-state index contributed by atoms with van der Waals surface area (Å²) in [6.07, 6.45) is 0. The normalized spacial score (nSPS) is 17.2. The lowest BCUT2D eigenvalue weighted by Gasteiger charge is -2.26. The molecule has 0 bridgehead atoms. The molecule has 1 amide bonds. The summed E-state index contributed by atoms with van der Waals surface area (Å²) in [6.45, 7) is 0. The molecule has 1 aliphatic heterocycles. The van der Waals surface area contributed by atoms with Crippen molar-refractivity contribution in [3.05, 3.63) is 89.5 Å². The van der Waals surface area contributed by atoms with E-state index >= 15 is 0 Å². The van der Waals surface area contributed by atoms with Crippen LogP contribution in [-0.4, -0.2) is 38.1 Å². The minimum absolute atomic E-state index is 0.0127. The summed E-state index contributed by atoms with van der Waals surface area (Å²) in [5.74, 6) is -0.310. The number of amides is 1. The van der Waals surface area contributed by atoms with Crippen LogP contribution in [0.2, 0.25) is 0 Å². The fourth-order valence-electron chi connectivity index (χ4n) is 3.95. The van der Waals surface area contributed by atoms with Crippen LogP contribution in [0.5, 0.6) is 17.2 Å². The van der Waals surface area contributed by atoms with Crippen LogP contribution in [0.15, 0.2) is 78.4 Å². The van der Waals surface area contributed by atoms with Gasteiger partial charge in [0.25, 0.3) is 11.7 Å². The van der Waals surface area contributed by atoms with E-state index in [1.165, 1.54) is 26.2 Å². The third-order valence-corrected chi connectivity index (χ3v) is 5.55. The molecule has 1 fully saturated rings. The second-order valence-corrected chi connectivity index (χ2v) is 7.35. The largest absolute Gasteiger partial charge is 0.507 e. The van der Waals surface area contributed by atoms with Crippen molar-refractivity contribution in [3.8, 4) is 17.2 Å². The fraction of sp³-hybridized carbons (Fsp3) is 0.154. The van der Waals surface area contributed by atoms with E-state index in [4.69, 9.17) is 14.2 Å². The van der Waals surface area contributed by atoms with Gasteiger partial charge in [-0.2, -0.15) is 0 Å². The third-order valence-electron chi connectivity index (χ3n) is 5.55. The van der Waals surface area contributed by atoms with E-state index in [1.54, 1.807) is 72.8 Å². The molecule has 0 radical (unpaired) electrons. The summed E-state index contributed by atoms with van der Waals surface area (Å²) in [5, 5.41) is 11.1. The number of ketones is 1. The molecular weight excluding hydrogens is 422 g/mol. The van der Waals surface area contributed by atoms with Crippen LogP contribution in [0.25, 0.3) is 5.76 Å². The summed E-state index contributed by atoms with van der Waals surface area (Å²) in [7, 11) is 4.55. The van der Waals surface area contributed by atoms with Gasteiger partial charge in [-0.25, -0.2) is 0 Å². The molecule has 7 heteroatoms. The number of carbonyl (C=O) groups excluding carboxylic acids is 2. The number of ether oxygens (including phenoxy) is 3. The zero-order chi connectivity index (χ0) is 23.5. The van der Waals surface area contributed by atoms with E-state index in [0.29, 0.717) is 34.1 Å². The highest BCUT2D eigenvalue weighted by Crippen LogP contribution is 2.44. The summed E-state index contributed by atoms with van der Waals surface area (Å²) in [5.41, 5.74) is 1.46. The first kappa shape index (κ1) is 22.0. The van der Waals surface area contributed by atoms with Crippen LogP contribution in [0.4, 0.5) is 5.69 Å². The zero-order valence-electron chi connectivity index (χ0n) is 18.4. The second-order valence-electron chi connectivity index (χ2n) is 7.35. The summed E-state index contributed by atoms with van der Waals surface area (Å²) in [4.78, 5) is 27.8. The molecule has 1 atom stereocenters. The Kier molecular flexibility index (Phi) is 6.04. The van der Waals surface area contributed by atoms with Crippen molar-refractivity contribution in [2.45, 2.75) is 6.04 Å². The van der Waals surface area contributed by atoms with E-state index in [0.717, 1.165) is 0 Å². The van der Waals surface area contributed by atoms with Gasteiger partial charge in [-0.3, -0.25) is 14.5 Å². The molecule has 1 N–H and O–H groups in total. The smallest absolute Gasteiger partial charge is 0.300 e. The first-order valence-corrected chi connectivity index (χ1v) is 10.2. The van der Waals surface area contributed by atoms with Crippen LogP contribution in [-0.2, 0) is 9.59 Å². The number of hydrogen-bond acceptors (Lipinski definition) is 6. The number of methoxy groups -OCH3 is 3. The molecule has 4 rings (SSSR count). The van der Waals surface area contributed by atoms with Crippen LogP contribution in [0.3, 0.4) is 0 Å². The van der Waals surface area contributed by atoms with E-state index < -0.39 is 17.7 Å². The van der Waals surface area contributed by atoms with Gasteiger partial charge in [0, 0.05) is 17.3 Å². The number of carbonyl (C=O) groups is 2. The van der Waals surface area contributed by atoms with Crippen molar-refractivity contribution >= 4 is 23.1 Å². The van der Waals surface area contributed by atoms with Gasteiger partial charge in [-0.15, -0.1) is 0 Å². The molecule has 0 saturated carbocycles. The first-order valence-electron chi connectivity index (χ1n) is 10.2. The van der Waals surface area contributed by atoms with Gasteiger partial charge in [-0.05, 0) is 29.8 Å². The summed E-state index contributed by atoms with van der Waals surface area (Å²) >= 11 is 0. The molecule has 0 spiro atoms. The monoisotopic (exact) mass is 445 g/mol. The Hall–Kier alpha value is -4.26. The van der Waals surface area contributed by atoms with Crippen molar-refractivity contribution in [1.29, 1.82) is 0 Å². The molecule has 1 aliphatic rings. The molecule has 1 saturated heterocycles. The lowest BCUT2D eigenvalue weighted by molar-refractivity contribution is -0.132. The van der Waals surface area contributed by atoms with Crippen LogP contribution < -0.4 is 19.1 Å². The average molecular weight is 445 g/mol. The van der Waals surface area contributed by atoms with Gasteiger partial charge in [0.2, 0.25) is 0 Å². The number of hydrogen-bond donors (Lipinski definition) is 1. The Bertz CT molecular complexity index is 1230. The molecule has 1 heterocycles. The highest BCUT2D eigenvalue weighted by atomic mass is 16.5. The molecule has 0 aliphatic carbocycles. The number of benzene rings is 3. The van der Waals surface area contributed by atoms with Crippen molar-refractivity contribution in [2.24, 2.45) is 0 Å². The fourth-order valence-corrected chi connectivity index (χ4v) is 3.95. The molecule has 7 nitrogen and oxygen atoms in total. The van der Waals surface area contributed by atoms with Gasteiger partial charge in [0.05, 0.1) is 32.9 Å². The van der Waals surface area contributed by atoms with Crippen LogP contribution in [0.1, 0.15) is 17.2 Å². The number of aliphatic hydroxyl groups excluding tert-OH is 1. The number of anilines is 1. The molecule has 0 aromatic heterocycles. The van der Waals surface area contributed by atoms with Crippen molar-refractivity contribution < 1.29 is 28.9 Å². The highest BCUT2D eigenvalue weighted by Gasteiger charge is 2.47. The SMILES string of the molecule is COc1cccc(N2C(=O)C(=O)/C(=C(/O)c3ccccc3)C2c2ccc(OC)c(OC)c2)c1. The number of aliphatic hydroxyl groups is 1. The quantitative estimate of drug-likeness (QED) is 0.345. The zero-order valence-corrected chi connectivity index (χ0v) is 18.4. The minimum atomic E-state index is -0.892. The molecule has 168 valence electrons. The van der Waals surface area contributed by atoms with Crippen molar-refractivity contribution in [2.75, 3.05) is 26.2 Å². The van der Waals surface area contributed by atoms with Crippen molar-refractivity contribution in [1.82, 2.24) is 0 Å².